The highest BCUT2D eigenvalue weighted by Gasteiger charge is 2.26. The Morgan fingerprint density at radius 3 is 2.05 bits per heavy atom. The lowest BCUT2D eigenvalue weighted by Crippen LogP contribution is -2.54. The van der Waals surface area contributed by atoms with E-state index in [-0.39, 0.29) is 31.5 Å². The van der Waals surface area contributed by atoms with Crippen LogP contribution in [0.15, 0.2) is 4.99 Å². The maximum atomic E-state index is 12.8. The summed E-state index contributed by atoms with van der Waals surface area (Å²) in [6, 6.07) is -2.70. The maximum absolute atomic E-state index is 12.8. The van der Waals surface area contributed by atoms with E-state index < -0.39 is 53.8 Å². The van der Waals surface area contributed by atoms with Crippen LogP contribution < -0.4 is 31.9 Å². The Balaban J connectivity index is 5.03. The van der Waals surface area contributed by atoms with Crippen molar-refractivity contribution in [2.75, 3.05) is 34.2 Å². The second-order valence-electron chi connectivity index (χ2n) is 8.42. The number of nitrogens with one attached hydrogen (secondary N) is 6. The number of carbonyl (C=O) groups is 6. The molecular formula is C22H37B3N7O6. The summed E-state index contributed by atoms with van der Waals surface area (Å²) < 4.78 is 0. The van der Waals surface area contributed by atoms with Crippen LogP contribution in [0.5, 0.6) is 0 Å². The van der Waals surface area contributed by atoms with Crippen LogP contribution in [-0.2, 0) is 28.8 Å². The number of hydrogen-bond donors (Lipinski definition) is 6. The van der Waals surface area contributed by atoms with Crippen molar-refractivity contribution in [3.63, 3.8) is 0 Å². The molecule has 38 heavy (non-hydrogen) atoms. The molecule has 0 heterocycles. The van der Waals surface area contributed by atoms with Crippen molar-refractivity contribution in [1.82, 2.24) is 31.9 Å². The lowest BCUT2D eigenvalue weighted by atomic mass is 9.52. The van der Waals surface area contributed by atoms with E-state index in [0.717, 1.165) is 7.17 Å². The van der Waals surface area contributed by atoms with Crippen molar-refractivity contribution in [2.45, 2.75) is 63.6 Å². The summed E-state index contributed by atoms with van der Waals surface area (Å²) in [5.74, 6) is -1.52. The van der Waals surface area contributed by atoms with Crippen LogP contribution in [0.4, 0.5) is 0 Å². The topological polar surface area (TPSA) is 187 Å². The van der Waals surface area contributed by atoms with Gasteiger partial charge in [-0.05, 0) is 52.5 Å². The maximum Gasteiger partial charge on any atom is 0.243 e. The average molecular weight is 528 g/mol. The first kappa shape index (κ1) is 34.8. The molecule has 0 spiro atoms. The van der Waals surface area contributed by atoms with Crippen LogP contribution in [0.1, 0.15) is 45.4 Å². The number of rotatable bonds is 19. The highest BCUT2D eigenvalue weighted by Crippen LogP contribution is 2.03. The number of aliphatic imine (C=N–C) groups is 1. The summed E-state index contributed by atoms with van der Waals surface area (Å²) in [6.45, 7) is 1.43. The Bertz CT molecular complexity index is 859. The van der Waals surface area contributed by atoms with Crippen molar-refractivity contribution in [3.8, 4) is 0 Å². The zero-order valence-electron chi connectivity index (χ0n) is 22.5. The molecule has 3 amide bonds. The van der Waals surface area contributed by atoms with Gasteiger partial charge in [-0.15, -0.1) is 0 Å². The molecule has 3 unspecified atom stereocenters. The molecule has 0 fully saturated rings. The molecule has 0 aromatic rings. The molecular weight excluding hydrogens is 491 g/mol. The first-order chi connectivity index (χ1) is 18.0. The number of ketones is 1. The zero-order chi connectivity index (χ0) is 29.1. The highest BCUT2D eigenvalue weighted by molar-refractivity contribution is 7.08. The van der Waals surface area contributed by atoms with Gasteiger partial charge >= 0.3 is 0 Å². The van der Waals surface area contributed by atoms with Gasteiger partial charge in [-0.3, -0.25) is 24.2 Å². The smallest absolute Gasteiger partial charge is 0.243 e. The van der Waals surface area contributed by atoms with Gasteiger partial charge < -0.3 is 41.5 Å². The van der Waals surface area contributed by atoms with E-state index in [1.165, 1.54) is 14.0 Å². The highest BCUT2D eigenvalue weighted by atomic mass is 16.2. The second kappa shape index (κ2) is 19.9. The third-order valence-electron chi connectivity index (χ3n) is 5.51. The number of hydrogen-bond acceptors (Lipinski definition) is 8. The van der Waals surface area contributed by atoms with Crippen molar-refractivity contribution < 1.29 is 28.8 Å². The van der Waals surface area contributed by atoms with Gasteiger partial charge in [0.1, 0.15) is 13.2 Å². The minimum atomic E-state index is -1.15. The van der Waals surface area contributed by atoms with Crippen molar-refractivity contribution in [3.05, 3.63) is 0 Å². The molecule has 0 aromatic heterocycles. The van der Waals surface area contributed by atoms with Gasteiger partial charge in [0.25, 0.3) is 0 Å². The van der Waals surface area contributed by atoms with Crippen LogP contribution in [0.2, 0.25) is 0 Å². The summed E-state index contributed by atoms with van der Waals surface area (Å²) in [6.07, 6.45) is 0.804. The van der Waals surface area contributed by atoms with Crippen molar-refractivity contribution >= 4 is 63.6 Å². The molecule has 0 bridgehead atoms. The largest absolute Gasteiger partial charge is 0.359 e. The molecule has 0 aliphatic carbocycles. The van der Waals surface area contributed by atoms with Crippen molar-refractivity contribution in [1.29, 1.82) is 0 Å². The standard InChI is InChI=1S/C22H37B3N7O6/c1-13(33)14(6-5-11-29-22(27-3)28-4)31-19(36)12-30-20(37)16(8-10-18(35)25-24)32-21(38)15(26-2)7-9-17(23)34/h14-16,26H,5-12H2,1-4H3,(H,30,37)(H,31,36)(H,32,38)(H2,27,28,29). The van der Waals surface area contributed by atoms with Crippen LogP contribution in [0, 0.1) is 0 Å². The fraction of sp³-hybridized carbons (Fsp3) is 0.682. The lowest BCUT2D eigenvalue weighted by Gasteiger charge is -2.22. The van der Waals surface area contributed by atoms with Gasteiger partial charge in [0.2, 0.25) is 17.7 Å². The van der Waals surface area contributed by atoms with Crippen LogP contribution in [-0.4, -0.2) is 116 Å². The third-order valence-corrected chi connectivity index (χ3v) is 5.51. The SMILES string of the molecule is [B][B]C(=O)CCC(NC(=O)C(CCC([B])=O)NC)C(=O)NCC(=O)NC(CCCNC(=NC)NC)C(C)=O. The molecule has 0 saturated carbocycles. The first-order valence-electron chi connectivity index (χ1n) is 12.3. The number of amides is 3. The van der Waals surface area contributed by atoms with Gasteiger partial charge in [-0.1, -0.05) is 0 Å². The molecule has 6 N–H and O–H groups in total. The molecule has 13 nitrogen and oxygen atoms in total. The summed E-state index contributed by atoms with van der Waals surface area (Å²) >= 11 is 0. The quantitative estimate of drug-likeness (QED) is 0.0427. The summed E-state index contributed by atoms with van der Waals surface area (Å²) in [5.41, 5.74) is -1.01. The summed E-state index contributed by atoms with van der Waals surface area (Å²) in [4.78, 5) is 76.4. The van der Waals surface area contributed by atoms with Crippen molar-refractivity contribution in [2.24, 2.45) is 4.99 Å². The van der Waals surface area contributed by atoms with Crippen LogP contribution in [0.3, 0.4) is 0 Å². The normalized spacial score (nSPS) is 13.3. The monoisotopic (exact) mass is 528 g/mol. The zero-order valence-corrected chi connectivity index (χ0v) is 22.5. The first-order valence-corrected chi connectivity index (χ1v) is 12.3. The molecule has 0 aromatic carbocycles. The Morgan fingerprint density at radius 2 is 1.53 bits per heavy atom. The van der Waals surface area contributed by atoms with Crippen LogP contribution >= 0.6 is 0 Å². The lowest BCUT2D eigenvalue weighted by molar-refractivity contribution is -0.132. The fourth-order valence-corrected chi connectivity index (χ4v) is 3.31. The Labute approximate surface area is 227 Å². The molecule has 0 saturated heterocycles. The Hall–Kier alpha value is -3.16. The van der Waals surface area contributed by atoms with Gasteiger partial charge in [0.15, 0.2) is 19.6 Å². The molecule has 0 aliphatic rings. The number of likely N-dealkylation sites (N-methyl/N-ethyl adjacent to an activating group) is 1. The summed E-state index contributed by atoms with van der Waals surface area (Å²) in [5, 5.41) is 16.2. The number of carbonyl (C=O) groups excluding carboxylic acids is 6. The third kappa shape index (κ3) is 15.2. The Morgan fingerprint density at radius 1 is 0.868 bits per heavy atom. The molecule has 16 heteroatoms. The molecule has 0 rings (SSSR count). The van der Waals surface area contributed by atoms with Gasteiger partial charge in [-0.25, -0.2) is 0 Å². The summed E-state index contributed by atoms with van der Waals surface area (Å²) in [7, 11) is 16.1. The van der Waals surface area contributed by atoms with Crippen LogP contribution in [0.25, 0.3) is 0 Å². The van der Waals surface area contributed by atoms with E-state index in [9.17, 15) is 28.8 Å². The number of guanidine groups is 1. The molecule has 3 atom stereocenters. The van der Waals surface area contributed by atoms with E-state index in [4.69, 9.17) is 15.6 Å². The van der Waals surface area contributed by atoms with Gasteiger partial charge in [0, 0.05) is 28.4 Å². The predicted octanol–water partition coefficient (Wildman–Crippen LogP) is -3.61. The minimum absolute atomic E-state index is 0.0488. The molecule has 0 aliphatic heterocycles. The molecule has 205 valence electrons. The number of nitrogens with zero attached hydrogens (tertiary/aromatic N) is 1. The van der Waals surface area contributed by atoms with E-state index >= 15 is 0 Å². The second-order valence-corrected chi connectivity index (χ2v) is 8.42. The van der Waals surface area contributed by atoms with E-state index in [1.807, 2.05) is 0 Å². The Kier molecular flexibility index (Phi) is 18.2. The fourth-order valence-electron chi connectivity index (χ4n) is 3.31. The van der Waals surface area contributed by atoms with Gasteiger partial charge in [0.05, 0.1) is 30.0 Å². The minimum Gasteiger partial charge on any atom is -0.359 e. The van der Waals surface area contributed by atoms with Gasteiger partial charge in [-0.2, -0.15) is 0 Å². The molecule has 5 radical (unpaired) electrons. The van der Waals surface area contributed by atoms with E-state index in [1.54, 1.807) is 14.1 Å². The van der Waals surface area contributed by atoms with E-state index in [0.29, 0.717) is 25.3 Å². The predicted molar refractivity (Wildman–Crippen MR) is 146 cm³/mol. The number of Topliss-reactive ketones (excluding diaryl/α,β-unsaturated/α-hetero) is 1. The average Bonchev–Trinajstić information content (AvgIpc) is 2.88. The van der Waals surface area contributed by atoms with E-state index in [2.05, 4.69) is 36.9 Å².